The van der Waals surface area contributed by atoms with Crippen molar-refractivity contribution in [3.8, 4) is 0 Å². The molecule has 0 bridgehead atoms. The third-order valence-electron chi connectivity index (χ3n) is 4.88. The van der Waals surface area contributed by atoms with Crippen LogP contribution in [-0.2, 0) is 15.7 Å². The Morgan fingerprint density at radius 3 is 2.85 bits per heavy atom. The van der Waals surface area contributed by atoms with Crippen LogP contribution in [0, 0.1) is 0 Å². The van der Waals surface area contributed by atoms with Gasteiger partial charge in [-0.2, -0.15) is 18.2 Å². The molecule has 0 aromatic carbocycles. The highest BCUT2D eigenvalue weighted by Crippen LogP contribution is 2.30. The van der Waals surface area contributed by atoms with Crippen molar-refractivity contribution in [3.63, 3.8) is 0 Å². The van der Waals surface area contributed by atoms with Gasteiger partial charge in [-0.3, -0.25) is 4.79 Å². The van der Waals surface area contributed by atoms with Crippen molar-refractivity contribution in [1.29, 1.82) is 0 Å². The molecule has 2 aromatic rings. The van der Waals surface area contributed by atoms with Crippen LogP contribution >= 0.6 is 0 Å². The van der Waals surface area contributed by atoms with Crippen molar-refractivity contribution in [1.82, 2.24) is 24.5 Å². The summed E-state index contributed by atoms with van der Waals surface area (Å²) in [4.78, 5) is 21.7. The van der Waals surface area contributed by atoms with E-state index in [1.165, 1.54) is 6.20 Å². The number of ether oxygens (including phenoxy) is 1. The highest BCUT2D eigenvalue weighted by Gasteiger charge is 2.37. The van der Waals surface area contributed by atoms with E-state index in [1.807, 2.05) is 0 Å². The van der Waals surface area contributed by atoms with E-state index in [-0.39, 0.29) is 17.6 Å². The van der Waals surface area contributed by atoms with Gasteiger partial charge < -0.3 is 9.64 Å². The average molecular weight is 369 g/mol. The predicted octanol–water partition coefficient (Wildman–Crippen LogP) is 2.03. The largest absolute Gasteiger partial charge is 0.453 e. The fourth-order valence-electron chi connectivity index (χ4n) is 3.64. The van der Waals surface area contributed by atoms with Crippen LogP contribution in [0.2, 0.25) is 0 Å². The van der Waals surface area contributed by atoms with Gasteiger partial charge in [0.15, 0.2) is 0 Å². The van der Waals surface area contributed by atoms with E-state index in [2.05, 4.69) is 15.1 Å². The third-order valence-corrected chi connectivity index (χ3v) is 4.88. The van der Waals surface area contributed by atoms with E-state index in [0.29, 0.717) is 25.4 Å². The fraction of sp³-hybridized carbons (Fsp3) is 0.625. The molecule has 2 atom stereocenters. The van der Waals surface area contributed by atoms with Gasteiger partial charge in [0.05, 0.1) is 5.69 Å². The quantitative estimate of drug-likeness (QED) is 0.810. The lowest BCUT2D eigenvalue weighted by molar-refractivity contribution is -0.144. The summed E-state index contributed by atoms with van der Waals surface area (Å²) < 4.78 is 45.3. The minimum atomic E-state index is -4.63. The molecule has 7 nitrogen and oxygen atoms in total. The van der Waals surface area contributed by atoms with Crippen molar-refractivity contribution in [2.75, 3.05) is 19.7 Å². The highest BCUT2D eigenvalue weighted by molar-refractivity contribution is 5.81. The van der Waals surface area contributed by atoms with Crippen molar-refractivity contribution in [3.05, 3.63) is 23.8 Å². The molecule has 4 heterocycles. The Kier molecular flexibility index (Phi) is 4.29. The van der Waals surface area contributed by atoms with Crippen LogP contribution in [0.5, 0.6) is 0 Å². The molecule has 0 aliphatic carbocycles. The molecule has 0 N–H and O–H groups in total. The number of amides is 1. The second-order valence-electron chi connectivity index (χ2n) is 6.64. The minimum absolute atomic E-state index is 0.0351. The zero-order chi connectivity index (χ0) is 18.3. The molecule has 2 aliphatic rings. The first-order valence-electron chi connectivity index (χ1n) is 8.63. The summed E-state index contributed by atoms with van der Waals surface area (Å²) in [7, 11) is 0. The molecule has 2 saturated heterocycles. The van der Waals surface area contributed by atoms with Crippen LogP contribution in [0.1, 0.15) is 43.1 Å². The van der Waals surface area contributed by atoms with Gasteiger partial charge in [-0.15, -0.1) is 5.10 Å². The number of likely N-dealkylation sites (tertiary alicyclic amines) is 1. The molecular formula is C16H18F3N5O2. The maximum Gasteiger partial charge on any atom is 0.453 e. The number of fused-ring (bicyclic) bond motifs is 1. The molecule has 0 spiro atoms. The molecular weight excluding hydrogens is 351 g/mol. The van der Waals surface area contributed by atoms with E-state index < -0.39 is 18.1 Å². The number of rotatable bonds is 2. The van der Waals surface area contributed by atoms with Gasteiger partial charge in [-0.05, 0) is 31.7 Å². The lowest BCUT2D eigenvalue weighted by atomic mass is 9.94. The van der Waals surface area contributed by atoms with E-state index in [4.69, 9.17) is 4.74 Å². The first-order chi connectivity index (χ1) is 12.4. The number of halogens is 3. The molecule has 26 heavy (non-hydrogen) atoms. The van der Waals surface area contributed by atoms with Crippen molar-refractivity contribution >= 4 is 11.7 Å². The Morgan fingerprint density at radius 1 is 1.27 bits per heavy atom. The fourth-order valence-corrected chi connectivity index (χ4v) is 3.64. The van der Waals surface area contributed by atoms with Crippen LogP contribution in [0.25, 0.3) is 5.78 Å². The van der Waals surface area contributed by atoms with E-state index in [1.54, 1.807) is 11.0 Å². The maximum absolute atomic E-state index is 12.9. The number of nitrogens with zero attached hydrogens (tertiary/aromatic N) is 5. The van der Waals surface area contributed by atoms with Gasteiger partial charge in [-0.25, -0.2) is 9.50 Å². The first kappa shape index (κ1) is 17.2. The number of carbonyl (C=O) groups excluding carboxylic acids is 1. The SMILES string of the molecule is O=C(C1CCCO1)N1CCCC(c2ccnc3nc(C(F)(F)F)nn23)C1. The van der Waals surface area contributed by atoms with Crippen LogP contribution in [-0.4, -0.2) is 56.2 Å². The van der Waals surface area contributed by atoms with Crippen LogP contribution < -0.4 is 0 Å². The van der Waals surface area contributed by atoms with E-state index >= 15 is 0 Å². The smallest absolute Gasteiger partial charge is 0.368 e. The Morgan fingerprint density at radius 2 is 2.12 bits per heavy atom. The summed E-state index contributed by atoms with van der Waals surface area (Å²) in [5.41, 5.74) is 0.586. The highest BCUT2D eigenvalue weighted by atomic mass is 19.4. The molecule has 0 radical (unpaired) electrons. The average Bonchev–Trinajstić information content (AvgIpc) is 3.30. The molecule has 4 rings (SSSR count). The lowest BCUT2D eigenvalue weighted by Gasteiger charge is -2.34. The van der Waals surface area contributed by atoms with Crippen LogP contribution in [0.15, 0.2) is 12.3 Å². The standard InChI is InChI=1S/C16H18F3N5O2/c17-16(18,19)14-21-15-20-6-5-11(24(15)22-14)10-3-1-7-23(9-10)13(25)12-4-2-8-26-12/h5-6,10,12H,1-4,7-9H2. The molecule has 2 aliphatic heterocycles. The summed E-state index contributed by atoms with van der Waals surface area (Å²) in [5.74, 6) is -1.45. The van der Waals surface area contributed by atoms with Crippen molar-refractivity contribution in [2.24, 2.45) is 0 Å². The Hall–Kier alpha value is -2.23. The maximum atomic E-state index is 12.9. The van der Waals surface area contributed by atoms with Crippen LogP contribution in [0.4, 0.5) is 13.2 Å². The van der Waals surface area contributed by atoms with Crippen LogP contribution in [0.3, 0.4) is 0 Å². The van der Waals surface area contributed by atoms with Gasteiger partial charge >= 0.3 is 6.18 Å². The van der Waals surface area contributed by atoms with Gasteiger partial charge in [0.1, 0.15) is 6.10 Å². The zero-order valence-corrected chi connectivity index (χ0v) is 13.9. The van der Waals surface area contributed by atoms with Crippen molar-refractivity contribution < 1.29 is 22.7 Å². The molecule has 10 heteroatoms. The molecule has 140 valence electrons. The van der Waals surface area contributed by atoms with Gasteiger partial charge in [-0.1, -0.05) is 0 Å². The summed E-state index contributed by atoms with van der Waals surface area (Å²) >= 11 is 0. The topological polar surface area (TPSA) is 72.6 Å². The minimum Gasteiger partial charge on any atom is -0.368 e. The second kappa shape index (κ2) is 6.49. The summed E-state index contributed by atoms with van der Waals surface area (Å²) in [6, 6.07) is 1.65. The number of aromatic nitrogens is 4. The molecule has 1 amide bonds. The summed E-state index contributed by atoms with van der Waals surface area (Å²) in [6.07, 6.45) is -0.465. The Bertz CT molecular complexity index is 816. The summed E-state index contributed by atoms with van der Waals surface area (Å²) in [6.45, 7) is 1.66. The van der Waals surface area contributed by atoms with Crippen molar-refractivity contribution in [2.45, 2.75) is 43.9 Å². The molecule has 2 fully saturated rings. The third kappa shape index (κ3) is 3.13. The molecule has 0 saturated carbocycles. The monoisotopic (exact) mass is 369 g/mol. The zero-order valence-electron chi connectivity index (χ0n) is 13.9. The first-order valence-corrected chi connectivity index (χ1v) is 8.63. The Balaban J connectivity index is 1.60. The van der Waals surface area contributed by atoms with E-state index in [9.17, 15) is 18.0 Å². The molecule has 2 unspecified atom stereocenters. The number of piperidine rings is 1. The summed E-state index contributed by atoms with van der Waals surface area (Å²) in [5, 5.41) is 3.60. The molecule has 2 aromatic heterocycles. The predicted molar refractivity (Wildman–Crippen MR) is 83.3 cm³/mol. The van der Waals surface area contributed by atoms with Gasteiger partial charge in [0.25, 0.3) is 17.5 Å². The van der Waals surface area contributed by atoms with Gasteiger partial charge in [0, 0.05) is 31.8 Å². The Labute approximate surface area is 147 Å². The lowest BCUT2D eigenvalue weighted by Crippen LogP contribution is -2.44. The second-order valence-corrected chi connectivity index (χ2v) is 6.64. The van der Waals surface area contributed by atoms with E-state index in [0.717, 1.165) is 30.2 Å². The normalized spacial score (nSPS) is 24.3. The number of hydrogen-bond acceptors (Lipinski definition) is 5. The number of carbonyl (C=O) groups is 1. The number of hydrogen-bond donors (Lipinski definition) is 0. The van der Waals surface area contributed by atoms with Gasteiger partial charge in [0.2, 0.25) is 0 Å². The number of alkyl halides is 3.